The molecule has 2 rings (SSSR count). The normalized spacial score (nSPS) is 11.8. The number of hydrogen-bond acceptors (Lipinski definition) is 3. The van der Waals surface area contributed by atoms with Gasteiger partial charge in [0.25, 0.3) is 0 Å². The minimum atomic E-state index is -3.66. The molecule has 2 aromatic rings. The Morgan fingerprint density at radius 2 is 1.40 bits per heavy atom. The van der Waals surface area contributed by atoms with Crippen LogP contribution in [0.4, 0.5) is 5.69 Å². The summed E-state index contributed by atoms with van der Waals surface area (Å²) in [6.45, 7) is 8.21. The number of hydrogen-bond donors (Lipinski definition) is 1. The lowest BCUT2D eigenvalue weighted by molar-refractivity contribution is -0.113. The molecule has 134 valence electrons. The second-order valence-corrected chi connectivity index (χ2v) is 8.73. The summed E-state index contributed by atoms with van der Waals surface area (Å²) in [6.07, 6.45) is 0. The first kappa shape index (κ1) is 19.2. The van der Waals surface area contributed by atoms with Gasteiger partial charge in [-0.2, -0.15) is 0 Å². The van der Waals surface area contributed by atoms with E-state index < -0.39 is 21.5 Å². The van der Waals surface area contributed by atoms with Gasteiger partial charge in [-0.3, -0.25) is 4.79 Å². The van der Waals surface area contributed by atoms with Crippen molar-refractivity contribution in [3.8, 4) is 0 Å². The zero-order valence-electron chi connectivity index (χ0n) is 15.1. The summed E-state index contributed by atoms with van der Waals surface area (Å²) in [5.74, 6) is -0.639. The first-order valence-electron chi connectivity index (χ1n) is 8.43. The van der Waals surface area contributed by atoms with E-state index in [1.807, 2.05) is 18.2 Å². The van der Waals surface area contributed by atoms with Crippen molar-refractivity contribution in [3.63, 3.8) is 0 Å². The van der Waals surface area contributed by atoms with Crippen molar-refractivity contribution in [2.75, 3.05) is 11.1 Å². The Hall–Kier alpha value is -2.14. The number of amides is 1. The molecule has 2 aromatic carbocycles. The quantitative estimate of drug-likeness (QED) is 0.834. The molecule has 0 heterocycles. The number of carbonyl (C=O) groups excluding carboxylic acids is 1. The minimum Gasteiger partial charge on any atom is -0.325 e. The maximum absolute atomic E-state index is 12.5. The van der Waals surface area contributed by atoms with E-state index in [1.165, 1.54) is 12.1 Å². The van der Waals surface area contributed by atoms with E-state index in [9.17, 15) is 13.2 Å². The molecular formula is C20H25NO3S. The van der Waals surface area contributed by atoms with Crippen LogP contribution < -0.4 is 5.32 Å². The molecule has 0 spiro atoms. The summed E-state index contributed by atoms with van der Waals surface area (Å²) < 4.78 is 24.8. The molecule has 0 unspecified atom stereocenters. The maximum Gasteiger partial charge on any atom is 0.239 e. The van der Waals surface area contributed by atoms with E-state index in [2.05, 4.69) is 33.0 Å². The summed E-state index contributed by atoms with van der Waals surface area (Å²) in [5, 5.41) is 2.85. The third kappa shape index (κ3) is 4.69. The van der Waals surface area contributed by atoms with Gasteiger partial charge in [-0.25, -0.2) is 8.42 Å². The average Bonchev–Trinajstić information content (AvgIpc) is 2.54. The molecule has 0 atom stereocenters. The van der Waals surface area contributed by atoms with Crippen molar-refractivity contribution < 1.29 is 13.2 Å². The predicted molar refractivity (Wildman–Crippen MR) is 102 cm³/mol. The Balaban J connectivity index is 2.29. The molecule has 0 radical (unpaired) electrons. The summed E-state index contributed by atoms with van der Waals surface area (Å²) >= 11 is 0. The Morgan fingerprint density at radius 3 is 1.88 bits per heavy atom. The summed E-state index contributed by atoms with van der Waals surface area (Å²) in [5.41, 5.74) is 2.76. The SMILES string of the molecule is CC(C)c1cccc(C(C)C)c1NC(=O)CS(=O)(=O)c1ccccc1. The Kier molecular flexibility index (Phi) is 6.01. The summed E-state index contributed by atoms with van der Waals surface area (Å²) in [6, 6.07) is 14.0. The van der Waals surface area contributed by atoms with E-state index in [0.717, 1.165) is 16.8 Å². The second-order valence-electron chi connectivity index (χ2n) is 6.74. The molecule has 1 N–H and O–H groups in total. The fourth-order valence-electron chi connectivity index (χ4n) is 2.75. The molecule has 25 heavy (non-hydrogen) atoms. The number of anilines is 1. The molecule has 0 aromatic heterocycles. The van der Waals surface area contributed by atoms with E-state index in [4.69, 9.17) is 0 Å². The first-order valence-corrected chi connectivity index (χ1v) is 10.1. The van der Waals surface area contributed by atoms with E-state index in [1.54, 1.807) is 18.2 Å². The molecule has 1 amide bonds. The molecule has 0 aliphatic carbocycles. The highest BCUT2D eigenvalue weighted by molar-refractivity contribution is 7.92. The lowest BCUT2D eigenvalue weighted by Crippen LogP contribution is -2.24. The van der Waals surface area contributed by atoms with Crippen LogP contribution in [0.2, 0.25) is 0 Å². The summed E-state index contributed by atoms with van der Waals surface area (Å²) in [4.78, 5) is 12.6. The zero-order chi connectivity index (χ0) is 18.6. The molecule has 0 fully saturated rings. The van der Waals surface area contributed by atoms with Crippen molar-refractivity contribution in [1.29, 1.82) is 0 Å². The van der Waals surface area contributed by atoms with Gasteiger partial charge in [0.15, 0.2) is 9.84 Å². The van der Waals surface area contributed by atoms with Gasteiger partial charge in [0, 0.05) is 5.69 Å². The van der Waals surface area contributed by atoms with Crippen LogP contribution in [0.25, 0.3) is 0 Å². The van der Waals surface area contributed by atoms with Crippen molar-refractivity contribution >= 4 is 21.4 Å². The van der Waals surface area contributed by atoms with Gasteiger partial charge in [0.05, 0.1) is 4.90 Å². The Labute approximate surface area is 150 Å². The van der Waals surface area contributed by atoms with Crippen LogP contribution in [-0.4, -0.2) is 20.1 Å². The van der Waals surface area contributed by atoms with Crippen LogP contribution in [-0.2, 0) is 14.6 Å². The fourth-order valence-corrected chi connectivity index (χ4v) is 3.91. The van der Waals surface area contributed by atoms with Gasteiger partial charge >= 0.3 is 0 Å². The highest BCUT2D eigenvalue weighted by Gasteiger charge is 2.21. The number of para-hydroxylation sites is 1. The number of benzene rings is 2. The van der Waals surface area contributed by atoms with Crippen LogP contribution in [0, 0.1) is 0 Å². The van der Waals surface area contributed by atoms with Crippen LogP contribution >= 0.6 is 0 Å². The molecule has 0 bridgehead atoms. The van der Waals surface area contributed by atoms with Gasteiger partial charge in [-0.05, 0) is 35.1 Å². The van der Waals surface area contributed by atoms with Crippen LogP contribution in [0.15, 0.2) is 53.4 Å². The number of nitrogens with one attached hydrogen (secondary N) is 1. The Bertz CT molecular complexity index is 814. The number of rotatable bonds is 6. The van der Waals surface area contributed by atoms with Crippen molar-refractivity contribution in [3.05, 3.63) is 59.7 Å². The van der Waals surface area contributed by atoms with Crippen molar-refractivity contribution in [2.24, 2.45) is 0 Å². The lowest BCUT2D eigenvalue weighted by atomic mass is 9.92. The van der Waals surface area contributed by atoms with Crippen LogP contribution in [0.3, 0.4) is 0 Å². The molecular weight excluding hydrogens is 334 g/mol. The highest BCUT2D eigenvalue weighted by Crippen LogP contribution is 2.32. The van der Waals surface area contributed by atoms with Gasteiger partial charge in [-0.1, -0.05) is 64.1 Å². The zero-order valence-corrected chi connectivity index (χ0v) is 15.9. The maximum atomic E-state index is 12.5. The highest BCUT2D eigenvalue weighted by atomic mass is 32.2. The topological polar surface area (TPSA) is 63.2 Å². The average molecular weight is 359 g/mol. The van der Waals surface area contributed by atoms with Crippen LogP contribution in [0.5, 0.6) is 0 Å². The fraction of sp³-hybridized carbons (Fsp3) is 0.350. The van der Waals surface area contributed by atoms with Gasteiger partial charge in [0.1, 0.15) is 5.75 Å². The standard InChI is InChI=1S/C20H25NO3S/c1-14(2)17-11-8-12-18(15(3)4)20(17)21-19(22)13-25(23,24)16-9-6-5-7-10-16/h5-12,14-15H,13H2,1-4H3,(H,21,22). The van der Waals surface area contributed by atoms with Gasteiger partial charge < -0.3 is 5.32 Å². The second kappa shape index (κ2) is 7.83. The molecule has 4 nitrogen and oxygen atoms in total. The van der Waals surface area contributed by atoms with Crippen LogP contribution in [0.1, 0.15) is 50.7 Å². The third-order valence-electron chi connectivity index (χ3n) is 4.06. The predicted octanol–water partition coefficient (Wildman–Crippen LogP) is 4.35. The molecule has 0 saturated heterocycles. The van der Waals surface area contributed by atoms with Gasteiger partial charge in [-0.15, -0.1) is 0 Å². The Morgan fingerprint density at radius 1 is 0.880 bits per heavy atom. The molecule has 0 saturated carbocycles. The summed E-state index contributed by atoms with van der Waals surface area (Å²) in [7, 11) is -3.66. The first-order chi connectivity index (χ1) is 11.7. The van der Waals surface area contributed by atoms with E-state index in [0.29, 0.717) is 0 Å². The molecule has 5 heteroatoms. The number of sulfone groups is 1. The van der Waals surface area contributed by atoms with Gasteiger partial charge in [0.2, 0.25) is 5.91 Å². The number of carbonyl (C=O) groups is 1. The van der Waals surface area contributed by atoms with E-state index >= 15 is 0 Å². The largest absolute Gasteiger partial charge is 0.325 e. The van der Waals surface area contributed by atoms with Crippen molar-refractivity contribution in [2.45, 2.75) is 44.4 Å². The third-order valence-corrected chi connectivity index (χ3v) is 5.69. The minimum absolute atomic E-state index is 0.159. The van der Waals surface area contributed by atoms with Crippen molar-refractivity contribution in [1.82, 2.24) is 0 Å². The molecule has 0 aliphatic rings. The lowest BCUT2D eigenvalue weighted by Gasteiger charge is -2.20. The van der Waals surface area contributed by atoms with E-state index in [-0.39, 0.29) is 16.7 Å². The monoisotopic (exact) mass is 359 g/mol. The smallest absolute Gasteiger partial charge is 0.239 e. The molecule has 0 aliphatic heterocycles.